The summed E-state index contributed by atoms with van der Waals surface area (Å²) >= 11 is 0. The summed E-state index contributed by atoms with van der Waals surface area (Å²) in [6, 6.07) is -1.69. The fourth-order valence-corrected chi connectivity index (χ4v) is 1.16. The van der Waals surface area contributed by atoms with Crippen molar-refractivity contribution in [1.82, 2.24) is 4.90 Å². The first kappa shape index (κ1) is 18.2. The standard InChI is InChI=1S/C8H11NO8.CH4/c10-5(11)1-4(8(16)17)9(2-6(12)13)3-7(14)15;/h4H,1-3H2,(H,10,11)(H,12,13)(H,14,15)(H,16,17);1H4. The predicted octanol–water partition coefficient (Wildman–Crippen LogP) is -0.978. The largest absolute Gasteiger partial charge is 0.481 e. The zero-order valence-electron chi connectivity index (χ0n) is 8.57. The number of carbonyl (C=O) groups is 4. The van der Waals surface area contributed by atoms with Crippen LogP contribution in [0.15, 0.2) is 0 Å². The number of carboxylic acid groups (broad SMARTS) is 4. The molecule has 0 radical (unpaired) electrons. The molecule has 0 fully saturated rings. The molecule has 0 bridgehead atoms. The third kappa shape index (κ3) is 7.17. The summed E-state index contributed by atoms with van der Waals surface area (Å²) in [6.45, 7) is -1.73. The van der Waals surface area contributed by atoms with Crippen molar-refractivity contribution in [2.75, 3.05) is 13.1 Å². The van der Waals surface area contributed by atoms with Gasteiger partial charge in [0, 0.05) is 0 Å². The minimum Gasteiger partial charge on any atom is -0.481 e. The molecule has 0 spiro atoms. The normalized spacial score (nSPS) is 11.4. The Morgan fingerprint density at radius 3 is 1.44 bits per heavy atom. The Kier molecular flexibility index (Phi) is 8.10. The summed E-state index contributed by atoms with van der Waals surface area (Å²) in [5.41, 5.74) is 0. The zero-order valence-corrected chi connectivity index (χ0v) is 8.57. The molecule has 4 N–H and O–H groups in total. The molecule has 0 aromatic rings. The van der Waals surface area contributed by atoms with Crippen LogP contribution in [0.1, 0.15) is 13.8 Å². The number of hydrogen-bond donors (Lipinski definition) is 4. The highest BCUT2D eigenvalue weighted by molar-refractivity contribution is 5.82. The van der Waals surface area contributed by atoms with Crippen LogP contribution in [0.5, 0.6) is 0 Å². The molecule has 9 nitrogen and oxygen atoms in total. The van der Waals surface area contributed by atoms with Crippen molar-refractivity contribution < 1.29 is 39.6 Å². The summed E-state index contributed by atoms with van der Waals surface area (Å²) in [5.74, 6) is -5.93. The van der Waals surface area contributed by atoms with Gasteiger partial charge in [-0.25, -0.2) is 0 Å². The number of rotatable bonds is 8. The van der Waals surface area contributed by atoms with Crippen LogP contribution in [0.2, 0.25) is 0 Å². The molecule has 18 heavy (non-hydrogen) atoms. The minimum absolute atomic E-state index is 0. The van der Waals surface area contributed by atoms with Crippen molar-refractivity contribution in [3.63, 3.8) is 0 Å². The molecule has 9 heteroatoms. The number of hydrogen-bond acceptors (Lipinski definition) is 5. The lowest BCUT2D eigenvalue weighted by Gasteiger charge is -2.24. The molecule has 0 aliphatic heterocycles. The zero-order chi connectivity index (χ0) is 13.6. The van der Waals surface area contributed by atoms with E-state index in [1.54, 1.807) is 0 Å². The third-order valence-corrected chi connectivity index (χ3v) is 1.77. The maximum atomic E-state index is 10.7. The summed E-state index contributed by atoms with van der Waals surface area (Å²) in [6.07, 6.45) is -0.879. The lowest BCUT2D eigenvalue weighted by molar-refractivity contribution is -0.154. The molecular weight excluding hydrogens is 250 g/mol. The first-order valence-electron chi connectivity index (χ1n) is 4.36. The van der Waals surface area contributed by atoms with E-state index >= 15 is 0 Å². The van der Waals surface area contributed by atoms with Crippen LogP contribution in [0.25, 0.3) is 0 Å². The minimum atomic E-state index is -1.69. The second-order valence-electron chi connectivity index (χ2n) is 3.14. The molecule has 0 aromatic carbocycles. The fourth-order valence-electron chi connectivity index (χ4n) is 1.16. The SMILES string of the molecule is C.O=C(O)CC(C(=O)O)N(CC(=O)O)CC(=O)O. The molecule has 0 aliphatic carbocycles. The van der Waals surface area contributed by atoms with Gasteiger partial charge in [0.1, 0.15) is 6.04 Å². The Morgan fingerprint density at radius 2 is 1.22 bits per heavy atom. The van der Waals surface area contributed by atoms with Gasteiger partial charge in [0.15, 0.2) is 0 Å². The predicted molar refractivity (Wildman–Crippen MR) is 57.3 cm³/mol. The first-order valence-corrected chi connectivity index (χ1v) is 4.36. The molecule has 0 aromatic heterocycles. The second-order valence-corrected chi connectivity index (χ2v) is 3.14. The molecule has 1 atom stereocenters. The lowest BCUT2D eigenvalue weighted by Crippen LogP contribution is -2.47. The van der Waals surface area contributed by atoms with Crippen molar-refractivity contribution in [2.45, 2.75) is 19.9 Å². The number of nitrogens with zero attached hydrogens (tertiary/aromatic N) is 1. The van der Waals surface area contributed by atoms with E-state index in [1.165, 1.54) is 0 Å². The highest BCUT2D eigenvalue weighted by Crippen LogP contribution is 2.05. The monoisotopic (exact) mass is 265 g/mol. The second kappa shape index (κ2) is 8.01. The summed E-state index contributed by atoms with van der Waals surface area (Å²) in [5, 5.41) is 34.2. The van der Waals surface area contributed by atoms with Gasteiger partial charge in [-0.15, -0.1) is 0 Å². The molecule has 0 rings (SSSR count). The fraction of sp³-hybridized carbons (Fsp3) is 0.556. The van der Waals surface area contributed by atoms with Crippen LogP contribution in [0, 0.1) is 0 Å². The van der Waals surface area contributed by atoms with Gasteiger partial charge in [-0.2, -0.15) is 0 Å². The van der Waals surface area contributed by atoms with Crippen molar-refractivity contribution in [3.8, 4) is 0 Å². The maximum absolute atomic E-state index is 10.7. The average Bonchev–Trinajstić information content (AvgIpc) is 2.10. The molecule has 1 unspecified atom stereocenters. The van der Waals surface area contributed by atoms with Crippen LogP contribution in [-0.2, 0) is 19.2 Å². The Hall–Kier alpha value is -2.16. The van der Waals surface area contributed by atoms with E-state index in [2.05, 4.69) is 0 Å². The van der Waals surface area contributed by atoms with Gasteiger partial charge in [0.05, 0.1) is 19.5 Å². The molecule has 0 heterocycles. The Morgan fingerprint density at radius 1 is 0.833 bits per heavy atom. The van der Waals surface area contributed by atoms with E-state index in [0.29, 0.717) is 4.90 Å². The molecule has 0 saturated heterocycles. The topological polar surface area (TPSA) is 152 Å². The van der Waals surface area contributed by atoms with E-state index in [0.717, 1.165) is 0 Å². The van der Waals surface area contributed by atoms with E-state index < -0.39 is 49.4 Å². The number of carboxylic acids is 4. The highest BCUT2D eigenvalue weighted by atomic mass is 16.4. The van der Waals surface area contributed by atoms with Crippen molar-refractivity contribution in [3.05, 3.63) is 0 Å². The van der Waals surface area contributed by atoms with Crippen molar-refractivity contribution in [1.29, 1.82) is 0 Å². The molecular formula is C9H15NO8. The highest BCUT2D eigenvalue weighted by Gasteiger charge is 2.30. The van der Waals surface area contributed by atoms with Crippen molar-refractivity contribution in [2.24, 2.45) is 0 Å². The van der Waals surface area contributed by atoms with E-state index in [-0.39, 0.29) is 7.43 Å². The molecule has 0 amide bonds. The van der Waals surface area contributed by atoms with E-state index in [9.17, 15) is 19.2 Å². The van der Waals surface area contributed by atoms with Gasteiger partial charge in [-0.05, 0) is 0 Å². The van der Waals surface area contributed by atoms with Crippen LogP contribution in [0.3, 0.4) is 0 Å². The Balaban J connectivity index is 0. The van der Waals surface area contributed by atoms with Crippen LogP contribution >= 0.6 is 0 Å². The van der Waals surface area contributed by atoms with E-state index in [4.69, 9.17) is 20.4 Å². The number of aliphatic carboxylic acids is 4. The Bertz CT molecular complexity index is 323. The van der Waals surface area contributed by atoms with Gasteiger partial charge in [0.25, 0.3) is 0 Å². The van der Waals surface area contributed by atoms with Crippen molar-refractivity contribution >= 4 is 23.9 Å². The summed E-state index contributed by atoms with van der Waals surface area (Å²) in [7, 11) is 0. The molecule has 0 saturated carbocycles. The Labute approximate surface area is 102 Å². The lowest BCUT2D eigenvalue weighted by atomic mass is 10.1. The van der Waals surface area contributed by atoms with Gasteiger partial charge < -0.3 is 20.4 Å². The van der Waals surface area contributed by atoms with Crippen LogP contribution in [0.4, 0.5) is 0 Å². The van der Waals surface area contributed by atoms with Gasteiger partial charge in [-0.3, -0.25) is 24.1 Å². The van der Waals surface area contributed by atoms with Gasteiger partial charge >= 0.3 is 23.9 Å². The van der Waals surface area contributed by atoms with E-state index in [1.807, 2.05) is 0 Å². The first-order chi connectivity index (χ1) is 7.73. The maximum Gasteiger partial charge on any atom is 0.321 e. The van der Waals surface area contributed by atoms with Crippen LogP contribution < -0.4 is 0 Å². The molecule has 0 aliphatic rings. The summed E-state index contributed by atoms with van der Waals surface area (Å²) in [4.78, 5) is 42.6. The quantitative estimate of drug-likeness (QED) is 0.433. The smallest absolute Gasteiger partial charge is 0.321 e. The summed E-state index contributed by atoms with van der Waals surface area (Å²) < 4.78 is 0. The average molecular weight is 265 g/mol. The van der Waals surface area contributed by atoms with Gasteiger partial charge in [0.2, 0.25) is 0 Å². The van der Waals surface area contributed by atoms with Gasteiger partial charge in [-0.1, -0.05) is 7.43 Å². The third-order valence-electron chi connectivity index (χ3n) is 1.77. The molecule has 104 valence electrons. The van der Waals surface area contributed by atoms with Crippen LogP contribution in [-0.4, -0.2) is 68.3 Å².